The molecule has 0 saturated carbocycles. The van der Waals surface area contributed by atoms with E-state index in [9.17, 15) is 4.79 Å². The minimum absolute atomic E-state index is 0.0184. The van der Waals surface area contributed by atoms with E-state index in [1.807, 2.05) is 49.4 Å². The summed E-state index contributed by atoms with van der Waals surface area (Å²) in [7, 11) is 1.61. The van der Waals surface area contributed by atoms with Crippen LogP contribution in [0.2, 0.25) is 0 Å². The molecule has 0 aliphatic rings. The Morgan fingerprint density at radius 2 is 1.85 bits per heavy atom. The highest BCUT2D eigenvalue weighted by Gasteiger charge is 2.06. The van der Waals surface area contributed by atoms with E-state index in [-0.39, 0.29) is 12.5 Å². The topological polar surface area (TPSA) is 47.6 Å². The highest BCUT2D eigenvalue weighted by molar-refractivity contribution is 5.92. The molecule has 104 valence electrons. The molecule has 0 unspecified atom stereocenters. The number of carbonyl (C=O) groups is 1. The van der Waals surface area contributed by atoms with Crippen molar-refractivity contribution in [2.45, 2.75) is 6.92 Å². The molecule has 0 spiro atoms. The number of rotatable bonds is 5. The van der Waals surface area contributed by atoms with Crippen LogP contribution in [0.4, 0.5) is 5.69 Å². The van der Waals surface area contributed by atoms with Gasteiger partial charge in [-0.3, -0.25) is 4.79 Å². The summed E-state index contributed by atoms with van der Waals surface area (Å²) in [6, 6.07) is 14.7. The van der Waals surface area contributed by atoms with Crippen LogP contribution in [-0.2, 0) is 4.79 Å². The molecule has 0 bridgehead atoms. The molecule has 0 atom stereocenters. The molecule has 20 heavy (non-hydrogen) atoms. The number of ether oxygens (including phenoxy) is 2. The van der Waals surface area contributed by atoms with Gasteiger partial charge in [-0.15, -0.1) is 0 Å². The summed E-state index contributed by atoms with van der Waals surface area (Å²) in [5.41, 5.74) is 1.70. The Bertz CT molecular complexity index is 582. The number of nitrogens with one attached hydrogen (secondary N) is 1. The van der Waals surface area contributed by atoms with Crippen LogP contribution in [-0.4, -0.2) is 19.6 Å². The Kier molecular flexibility index (Phi) is 4.60. The molecule has 2 aromatic carbocycles. The summed E-state index contributed by atoms with van der Waals surface area (Å²) in [6.07, 6.45) is 0. The minimum atomic E-state index is -0.192. The summed E-state index contributed by atoms with van der Waals surface area (Å²) >= 11 is 0. The predicted molar refractivity (Wildman–Crippen MR) is 78.3 cm³/mol. The van der Waals surface area contributed by atoms with Crippen molar-refractivity contribution in [3.05, 3.63) is 54.1 Å². The van der Waals surface area contributed by atoms with E-state index in [1.54, 1.807) is 13.2 Å². The molecule has 4 heteroatoms. The highest BCUT2D eigenvalue weighted by atomic mass is 16.5. The second-order valence-electron chi connectivity index (χ2n) is 4.33. The number of hydrogen-bond donors (Lipinski definition) is 1. The first-order chi connectivity index (χ1) is 9.69. The first-order valence-corrected chi connectivity index (χ1v) is 6.31. The van der Waals surface area contributed by atoms with Crippen LogP contribution in [0.3, 0.4) is 0 Å². The van der Waals surface area contributed by atoms with Gasteiger partial charge in [-0.25, -0.2) is 0 Å². The maximum atomic E-state index is 11.8. The summed E-state index contributed by atoms with van der Waals surface area (Å²) in [6.45, 7) is 1.89. The van der Waals surface area contributed by atoms with Gasteiger partial charge in [0.15, 0.2) is 6.61 Å². The van der Waals surface area contributed by atoms with Crippen molar-refractivity contribution in [2.24, 2.45) is 0 Å². The molecule has 0 aliphatic carbocycles. The minimum Gasteiger partial charge on any atom is -0.497 e. The van der Waals surface area contributed by atoms with Gasteiger partial charge in [-0.05, 0) is 42.8 Å². The fourth-order valence-corrected chi connectivity index (χ4v) is 1.76. The Balaban J connectivity index is 1.91. The quantitative estimate of drug-likeness (QED) is 0.909. The summed E-state index contributed by atoms with van der Waals surface area (Å²) in [5, 5.41) is 2.81. The van der Waals surface area contributed by atoms with Crippen molar-refractivity contribution in [3.8, 4) is 11.5 Å². The van der Waals surface area contributed by atoms with Crippen molar-refractivity contribution in [3.63, 3.8) is 0 Å². The molecule has 1 N–H and O–H groups in total. The molecule has 0 heterocycles. The Morgan fingerprint density at radius 1 is 1.10 bits per heavy atom. The summed E-state index contributed by atoms with van der Waals surface area (Å²) in [4.78, 5) is 11.8. The van der Waals surface area contributed by atoms with Crippen LogP contribution >= 0.6 is 0 Å². The molecule has 0 aromatic heterocycles. The second-order valence-corrected chi connectivity index (χ2v) is 4.33. The third-order valence-electron chi connectivity index (χ3n) is 2.82. The molecular formula is C16H17NO3. The number of aryl methyl sites for hydroxylation is 1. The van der Waals surface area contributed by atoms with Gasteiger partial charge in [0.25, 0.3) is 5.91 Å². The average Bonchev–Trinajstić information content (AvgIpc) is 2.48. The number of para-hydroxylation sites is 1. The van der Waals surface area contributed by atoms with Crippen LogP contribution < -0.4 is 14.8 Å². The molecule has 2 aromatic rings. The maximum absolute atomic E-state index is 11.8. The first-order valence-electron chi connectivity index (χ1n) is 6.31. The van der Waals surface area contributed by atoms with Crippen LogP contribution in [0.15, 0.2) is 48.5 Å². The number of carbonyl (C=O) groups excluding carboxylic acids is 1. The molecule has 1 amide bonds. The van der Waals surface area contributed by atoms with E-state index in [4.69, 9.17) is 9.47 Å². The Hall–Kier alpha value is -2.49. The SMILES string of the molecule is COc1ccc(NC(=O)COc2ccccc2)c(C)c1. The second kappa shape index (κ2) is 6.61. The third kappa shape index (κ3) is 3.75. The normalized spacial score (nSPS) is 9.90. The average molecular weight is 271 g/mol. The Morgan fingerprint density at radius 3 is 2.50 bits per heavy atom. The van der Waals surface area contributed by atoms with Gasteiger partial charge in [0.2, 0.25) is 0 Å². The number of methoxy groups -OCH3 is 1. The van der Waals surface area contributed by atoms with Crippen LogP contribution in [0.25, 0.3) is 0 Å². The van der Waals surface area contributed by atoms with Crippen molar-refractivity contribution in [2.75, 3.05) is 19.0 Å². The lowest BCUT2D eigenvalue weighted by molar-refractivity contribution is -0.118. The monoisotopic (exact) mass is 271 g/mol. The van der Waals surface area contributed by atoms with Gasteiger partial charge in [0, 0.05) is 5.69 Å². The highest BCUT2D eigenvalue weighted by Crippen LogP contribution is 2.20. The molecule has 0 aliphatic heterocycles. The van der Waals surface area contributed by atoms with Crippen molar-refractivity contribution in [1.29, 1.82) is 0 Å². The number of benzene rings is 2. The molecule has 4 nitrogen and oxygen atoms in total. The lowest BCUT2D eigenvalue weighted by Crippen LogP contribution is -2.20. The third-order valence-corrected chi connectivity index (χ3v) is 2.82. The summed E-state index contributed by atoms with van der Waals surface area (Å²) in [5.74, 6) is 1.25. The van der Waals surface area contributed by atoms with E-state index >= 15 is 0 Å². The maximum Gasteiger partial charge on any atom is 0.262 e. The van der Waals surface area contributed by atoms with Gasteiger partial charge in [0.1, 0.15) is 11.5 Å². The van der Waals surface area contributed by atoms with Crippen LogP contribution in [0.5, 0.6) is 11.5 Å². The number of amides is 1. The standard InChI is InChI=1S/C16H17NO3/c1-12-10-14(19-2)8-9-15(12)17-16(18)11-20-13-6-4-3-5-7-13/h3-10H,11H2,1-2H3,(H,17,18). The zero-order valence-corrected chi connectivity index (χ0v) is 11.6. The van der Waals surface area contributed by atoms with Gasteiger partial charge < -0.3 is 14.8 Å². The summed E-state index contributed by atoms with van der Waals surface area (Å²) < 4.78 is 10.5. The van der Waals surface area contributed by atoms with Crippen LogP contribution in [0.1, 0.15) is 5.56 Å². The smallest absolute Gasteiger partial charge is 0.262 e. The largest absolute Gasteiger partial charge is 0.497 e. The molecule has 0 fully saturated rings. The fraction of sp³-hybridized carbons (Fsp3) is 0.188. The van der Waals surface area contributed by atoms with Gasteiger partial charge >= 0.3 is 0 Å². The lowest BCUT2D eigenvalue weighted by Gasteiger charge is -2.10. The first kappa shape index (κ1) is 13.9. The van der Waals surface area contributed by atoms with E-state index in [2.05, 4.69) is 5.32 Å². The van der Waals surface area contributed by atoms with Crippen molar-refractivity contribution < 1.29 is 14.3 Å². The predicted octanol–water partition coefficient (Wildman–Crippen LogP) is 3.02. The molecule has 0 radical (unpaired) electrons. The van der Waals surface area contributed by atoms with E-state index in [1.165, 1.54) is 0 Å². The van der Waals surface area contributed by atoms with Crippen molar-refractivity contribution in [1.82, 2.24) is 0 Å². The molecule has 0 saturated heterocycles. The van der Waals surface area contributed by atoms with E-state index in [0.29, 0.717) is 5.75 Å². The fourth-order valence-electron chi connectivity index (χ4n) is 1.76. The number of anilines is 1. The number of hydrogen-bond acceptors (Lipinski definition) is 3. The lowest BCUT2D eigenvalue weighted by atomic mass is 10.2. The van der Waals surface area contributed by atoms with E-state index < -0.39 is 0 Å². The van der Waals surface area contributed by atoms with Crippen LogP contribution in [0, 0.1) is 6.92 Å². The van der Waals surface area contributed by atoms with Gasteiger partial charge in [-0.1, -0.05) is 18.2 Å². The van der Waals surface area contributed by atoms with Crippen molar-refractivity contribution >= 4 is 11.6 Å². The Labute approximate surface area is 118 Å². The zero-order chi connectivity index (χ0) is 14.4. The van der Waals surface area contributed by atoms with Gasteiger partial charge in [-0.2, -0.15) is 0 Å². The zero-order valence-electron chi connectivity index (χ0n) is 11.6. The molecular weight excluding hydrogens is 254 g/mol. The molecule has 2 rings (SSSR count). The van der Waals surface area contributed by atoms with E-state index in [0.717, 1.165) is 17.0 Å². The van der Waals surface area contributed by atoms with Gasteiger partial charge in [0.05, 0.1) is 7.11 Å².